The van der Waals surface area contributed by atoms with Crippen LogP contribution >= 0.6 is 11.8 Å². The Morgan fingerprint density at radius 3 is 2.84 bits per heavy atom. The molecule has 1 heterocycles. The number of carboxylic acid groups (broad SMARTS) is 1. The molecule has 0 saturated carbocycles. The number of amides is 1. The van der Waals surface area contributed by atoms with Gasteiger partial charge in [-0.05, 0) is 17.7 Å². The minimum Gasteiger partial charge on any atom is -0.480 e. The van der Waals surface area contributed by atoms with Crippen molar-refractivity contribution in [3.63, 3.8) is 0 Å². The van der Waals surface area contributed by atoms with Gasteiger partial charge in [0.2, 0.25) is 5.91 Å². The molecule has 1 fully saturated rings. The molecule has 2 atom stereocenters. The molecule has 1 aromatic carbocycles. The number of carbonyl (C=O) groups excluding carboxylic acids is 1. The van der Waals surface area contributed by atoms with Gasteiger partial charge in [0.1, 0.15) is 17.2 Å². The molecule has 102 valence electrons. The van der Waals surface area contributed by atoms with E-state index in [1.54, 1.807) is 19.1 Å². The molecule has 1 saturated heterocycles. The van der Waals surface area contributed by atoms with Crippen LogP contribution in [0.3, 0.4) is 0 Å². The molecule has 1 aliphatic rings. The van der Waals surface area contributed by atoms with E-state index in [9.17, 15) is 14.0 Å². The maximum Gasteiger partial charge on any atom is 0.327 e. The fourth-order valence-electron chi connectivity index (χ4n) is 2.10. The molecule has 0 spiro atoms. The first-order valence-corrected chi connectivity index (χ1v) is 7.00. The van der Waals surface area contributed by atoms with E-state index < -0.39 is 17.4 Å². The number of halogens is 1. The van der Waals surface area contributed by atoms with Crippen LogP contribution in [0.2, 0.25) is 0 Å². The summed E-state index contributed by atoms with van der Waals surface area (Å²) >= 11 is 1.35. The second-order valence-corrected chi connectivity index (χ2v) is 5.36. The minimum atomic E-state index is -1.02. The van der Waals surface area contributed by atoms with Crippen molar-refractivity contribution in [3.8, 4) is 0 Å². The molecule has 2 rings (SSSR count). The zero-order valence-corrected chi connectivity index (χ0v) is 11.2. The van der Waals surface area contributed by atoms with Crippen molar-refractivity contribution in [1.29, 1.82) is 0 Å². The van der Waals surface area contributed by atoms with Gasteiger partial charge in [0.25, 0.3) is 0 Å². The number of aliphatic carboxylic acids is 1. The van der Waals surface area contributed by atoms with Gasteiger partial charge in [-0.2, -0.15) is 0 Å². The Kier molecular flexibility index (Phi) is 4.09. The summed E-state index contributed by atoms with van der Waals surface area (Å²) in [5.74, 6) is -1.32. The molecule has 0 unspecified atom stereocenters. The van der Waals surface area contributed by atoms with E-state index in [1.807, 2.05) is 0 Å². The van der Waals surface area contributed by atoms with Crippen LogP contribution in [0.5, 0.6) is 0 Å². The van der Waals surface area contributed by atoms with Crippen LogP contribution in [-0.4, -0.2) is 33.7 Å². The second kappa shape index (κ2) is 5.61. The summed E-state index contributed by atoms with van der Waals surface area (Å²) in [7, 11) is 0. The summed E-state index contributed by atoms with van der Waals surface area (Å²) in [5, 5.41) is 8.74. The highest BCUT2D eigenvalue weighted by atomic mass is 32.2. The number of thioether (sulfide) groups is 1. The predicted molar refractivity (Wildman–Crippen MR) is 70.2 cm³/mol. The van der Waals surface area contributed by atoms with Crippen molar-refractivity contribution in [2.24, 2.45) is 0 Å². The van der Waals surface area contributed by atoms with Crippen LogP contribution in [0.4, 0.5) is 4.39 Å². The summed E-state index contributed by atoms with van der Waals surface area (Å²) in [5.41, 5.74) is 0.621. The lowest BCUT2D eigenvalue weighted by molar-refractivity contribution is -0.149. The fourth-order valence-corrected chi connectivity index (χ4v) is 3.53. The molecule has 0 aliphatic carbocycles. The van der Waals surface area contributed by atoms with Gasteiger partial charge in [0.05, 0.1) is 0 Å². The highest BCUT2D eigenvalue weighted by molar-refractivity contribution is 7.99. The predicted octanol–water partition coefficient (Wildman–Crippen LogP) is 2.26. The molecule has 4 nitrogen and oxygen atoms in total. The first kappa shape index (κ1) is 13.9. The third-order valence-corrected chi connectivity index (χ3v) is 4.33. The van der Waals surface area contributed by atoms with Crippen molar-refractivity contribution < 1.29 is 19.1 Å². The minimum absolute atomic E-state index is 0.230. The van der Waals surface area contributed by atoms with E-state index >= 15 is 0 Å². The standard InChI is InChI=1S/C13H14FNO3S/c1-2-11(16)15-10(13(17)18)7-19-12(15)8-4-3-5-9(14)6-8/h3-6,10,12H,2,7H2,1H3,(H,17,18)/t10-,12-/m0/s1. The summed E-state index contributed by atoms with van der Waals surface area (Å²) in [4.78, 5) is 24.5. The summed E-state index contributed by atoms with van der Waals surface area (Å²) < 4.78 is 13.3. The van der Waals surface area contributed by atoms with Gasteiger partial charge in [0.15, 0.2) is 0 Å². The number of hydrogen-bond acceptors (Lipinski definition) is 3. The van der Waals surface area contributed by atoms with Crippen LogP contribution in [0.25, 0.3) is 0 Å². The van der Waals surface area contributed by atoms with Gasteiger partial charge in [-0.15, -0.1) is 11.8 Å². The Labute approximate surface area is 114 Å². The molecule has 0 bridgehead atoms. The van der Waals surface area contributed by atoms with Crippen molar-refractivity contribution in [3.05, 3.63) is 35.6 Å². The van der Waals surface area contributed by atoms with Crippen molar-refractivity contribution >= 4 is 23.6 Å². The number of carboxylic acids is 1. The van der Waals surface area contributed by atoms with Gasteiger partial charge in [0, 0.05) is 12.2 Å². The summed E-state index contributed by atoms with van der Waals surface area (Å²) in [6.45, 7) is 1.69. The molecule has 1 aliphatic heterocycles. The molecule has 1 amide bonds. The highest BCUT2D eigenvalue weighted by Crippen LogP contribution is 2.41. The molecule has 6 heteroatoms. The first-order chi connectivity index (χ1) is 9.04. The monoisotopic (exact) mass is 283 g/mol. The van der Waals surface area contributed by atoms with Crippen molar-refractivity contribution in [2.45, 2.75) is 24.8 Å². The molecular weight excluding hydrogens is 269 g/mol. The zero-order chi connectivity index (χ0) is 14.0. The topological polar surface area (TPSA) is 57.6 Å². The Bertz CT molecular complexity index is 508. The number of carbonyl (C=O) groups is 2. The lowest BCUT2D eigenvalue weighted by atomic mass is 10.1. The number of hydrogen-bond donors (Lipinski definition) is 1. The van der Waals surface area contributed by atoms with Crippen LogP contribution in [-0.2, 0) is 9.59 Å². The van der Waals surface area contributed by atoms with Crippen LogP contribution in [0.15, 0.2) is 24.3 Å². The lowest BCUT2D eigenvalue weighted by Gasteiger charge is -2.27. The number of nitrogens with zero attached hydrogens (tertiary/aromatic N) is 1. The SMILES string of the molecule is CCC(=O)N1[C@H](C(=O)O)CS[C@H]1c1cccc(F)c1. The van der Waals surface area contributed by atoms with Crippen molar-refractivity contribution in [1.82, 2.24) is 4.90 Å². The molecular formula is C13H14FNO3S. The van der Waals surface area contributed by atoms with E-state index in [0.29, 0.717) is 11.3 Å². The molecule has 1 aromatic rings. The Hall–Kier alpha value is -1.56. The van der Waals surface area contributed by atoms with E-state index in [4.69, 9.17) is 5.11 Å². The quantitative estimate of drug-likeness (QED) is 0.924. The highest BCUT2D eigenvalue weighted by Gasteiger charge is 2.41. The van der Waals surface area contributed by atoms with E-state index in [2.05, 4.69) is 0 Å². The number of rotatable bonds is 3. The van der Waals surface area contributed by atoms with Crippen LogP contribution in [0.1, 0.15) is 24.3 Å². The van der Waals surface area contributed by atoms with Gasteiger partial charge in [-0.3, -0.25) is 4.79 Å². The Morgan fingerprint density at radius 2 is 2.26 bits per heavy atom. The average molecular weight is 283 g/mol. The van der Waals surface area contributed by atoms with Gasteiger partial charge < -0.3 is 10.0 Å². The third kappa shape index (κ3) is 2.73. The summed E-state index contributed by atoms with van der Waals surface area (Å²) in [6.07, 6.45) is 0.232. The third-order valence-electron chi connectivity index (χ3n) is 3.01. The Morgan fingerprint density at radius 1 is 1.53 bits per heavy atom. The summed E-state index contributed by atoms with van der Waals surface area (Å²) in [6, 6.07) is 5.10. The Balaban J connectivity index is 2.34. The van der Waals surface area contributed by atoms with Gasteiger partial charge in [-0.25, -0.2) is 9.18 Å². The van der Waals surface area contributed by atoms with Gasteiger partial charge >= 0.3 is 5.97 Å². The normalized spacial score (nSPS) is 22.5. The average Bonchev–Trinajstić information content (AvgIpc) is 2.82. The van der Waals surface area contributed by atoms with Gasteiger partial charge in [-0.1, -0.05) is 19.1 Å². The molecule has 0 radical (unpaired) electrons. The van der Waals surface area contributed by atoms with E-state index in [-0.39, 0.29) is 18.1 Å². The molecule has 19 heavy (non-hydrogen) atoms. The maximum atomic E-state index is 13.3. The molecule has 0 aromatic heterocycles. The lowest BCUT2D eigenvalue weighted by Crippen LogP contribution is -2.42. The smallest absolute Gasteiger partial charge is 0.327 e. The van der Waals surface area contributed by atoms with E-state index in [0.717, 1.165) is 0 Å². The maximum absolute atomic E-state index is 13.3. The first-order valence-electron chi connectivity index (χ1n) is 5.95. The number of benzene rings is 1. The molecule has 1 N–H and O–H groups in total. The second-order valence-electron chi connectivity index (χ2n) is 4.25. The fraction of sp³-hybridized carbons (Fsp3) is 0.385. The van der Waals surface area contributed by atoms with Crippen LogP contribution < -0.4 is 0 Å². The zero-order valence-electron chi connectivity index (χ0n) is 10.4. The van der Waals surface area contributed by atoms with Crippen LogP contribution in [0, 0.1) is 5.82 Å². The van der Waals surface area contributed by atoms with Crippen molar-refractivity contribution in [2.75, 3.05) is 5.75 Å². The largest absolute Gasteiger partial charge is 0.480 e. The van der Waals surface area contributed by atoms with E-state index in [1.165, 1.54) is 28.8 Å².